The summed E-state index contributed by atoms with van der Waals surface area (Å²) in [5, 5.41) is 0. The fourth-order valence-electron chi connectivity index (χ4n) is 1.00. The summed E-state index contributed by atoms with van der Waals surface area (Å²) in [6.07, 6.45) is 5.85. The molecule has 0 aliphatic carbocycles. The highest BCUT2D eigenvalue weighted by molar-refractivity contribution is 6.17. The zero-order valence-corrected chi connectivity index (χ0v) is 7.92. The van der Waals surface area contributed by atoms with Crippen LogP contribution in [-0.2, 0) is 6.42 Å². The maximum Gasteiger partial charge on any atom is 0.222 e. The Hall–Kier alpha value is -0.760. The topological polar surface area (TPSA) is 13.1 Å². The smallest absolute Gasteiger partial charge is 0.222 e. The number of aromatic nitrogens is 1. The molecule has 1 rings (SSSR count). The van der Waals surface area contributed by atoms with Crippen LogP contribution in [0.5, 0.6) is 0 Å². The molecule has 2 nitrogen and oxygen atoms in total. The summed E-state index contributed by atoms with van der Waals surface area (Å²) in [7, 11) is 1.64. The van der Waals surface area contributed by atoms with Gasteiger partial charge in [0.2, 0.25) is 12.4 Å². The van der Waals surface area contributed by atoms with Crippen molar-refractivity contribution in [2.45, 2.75) is 12.8 Å². The molecule has 0 aliphatic heterocycles. The van der Waals surface area contributed by atoms with Crippen LogP contribution in [0.25, 0.3) is 0 Å². The van der Waals surface area contributed by atoms with Gasteiger partial charge in [-0.2, -0.15) is 0 Å². The van der Waals surface area contributed by atoms with Gasteiger partial charge in [-0.1, -0.05) is 0 Å². The number of hydrogen-bond donors (Lipinski definition) is 0. The Balaban J connectivity index is 2.53. The molecule has 3 heteroatoms. The Morgan fingerprint density at radius 2 is 2.08 bits per heavy atom. The highest BCUT2D eigenvalue weighted by Gasteiger charge is 1.98. The summed E-state index contributed by atoms with van der Waals surface area (Å²) in [6.45, 7) is 0. The molecular formula is C9H13ClNO+. The second kappa shape index (κ2) is 4.99. The van der Waals surface area contributed by atoms with Gasteiger partial charge in [0.25, 0.3) is 0 Å². The summed E-state index contributed by atoms with van der Waals surface area (Å²) in [4.78, 5) is 4.96. The maximum atomic E-state index is 5.58. The summed E-state index contributed by atoms with van der Waals surface area (Å²) in [5.41, 5.74) is 1.30. The van der Waals surface area contributed by atoms with Gasteiger partial charge in [-0.15, -0.1) is 11.6 Å². The van der Waals surface area contributed by atoms with Gasteiger partial charge in [0.1, 0.15) is 7.11 Å². The quantitative estimate of drug-likeness (QED) is 0.509. The summed E-state index contributed by atoms with van der Waals surface area (Å²) < 4.78 is 1.66. The maximum absolute atomic E-state index is 5.58. The van der Waals surface area contributed by atoms with E-state index < -0.39 is 0 Å². The van der Waals surface area contributed by atoms with Gasteiger partial charge >= 0.3 is 0 Å². The second-order valence-electron chi connectivity index (χ2n) is 2.54. The minimum Gasteiger partial charge on any atom is -0.275 e. The Kier molecular flexibility index (Phi) is 3.88. The number of pyridine rings is 1. The van der Waals surface area contributed by atoms with E-state index in [1.54, 1.807) is 11.8 Å². The molecule has 1 heterocycles. The normalized spacial score (nSPS) is 9.83. The third kappa shape index (κ3) is 2.70. The number of hydrogen-bond acceptors (Lipinski definition) is 1. The number of aryl methyl sites for hydroxylation is 1. The zero-order chi connectivity index (χ0) is 8.81. The van der Waals surface area contributed by atoms with Gasteiger partial charge in [-0.25, -0.2) is 0 Å². The Labute approximate surface area is 77.7 Å². The van der Waals surface area contributed by atoms with Gasteiger partial charge in [0.15, 0.2) is 0 Å². The molecule has 0 bridgehead atoms. The zero-order valence-electron chi connectivity index (χ0n) is 7.16. The second-order valence-corrected chi connectivity index (χ2v) is 2.92. The lowest BCUT2D eigenvalue weighted by molar-refractivity contribution is -0.885. The molecule has 0 fully saturated rings. The van der Waals surface area contributed by atoms with Gasteiger partial charge in [-0.05, 0) is 18.4 Å². The number of rotatable bonds is 4. The molecule has 0 spiro atoms. The summed E-state index contributed by atoms with van der Waals surface area (Å²) in [6, 6.07) is 4.08. The average Bonchev–Trinajstić information content (AvgIpc) is 2.15. The molecular weight excluding hydrogens is 174 g/mol. The van der Waals surface area contributed by atoms with E-state index in [-0.39, 0.29) is 0 Å². The monoisotopic (exact) mass is 186 g/mol. The van der Waals surface area contributed by atoms with E-state index in [1.807, 2.05) is 24.5 Å². The highest BCUT2D eigenvalue weighted by atomic mass is 35.5. The summed E-state index contributed by atoms with van der Waals surface area (Å²) >= 11 is 5.58. The minimum absolute atomic E-state index is 0.721. The largest absolute Gasteiger partial charge is 0.275 e. The van der Waals surface area contributed by atoms with E-state index in [0.717, 1.165) is 18.7 Å². The van der Waals surface area contributed by atoms with Crippen molar-refractivity contribution in [2.24, 2.45) is 0 Å². The van der Waals surface area contributed by atoms with Crippen LogP contribution in [0, 0.1) is 0 Å². The van der Waals surface area contributed by atoms with Crippen LogP contribution in [-0.4, -0.2) is 13.0 Å². The first-order valence-corrected chi connectivity index (χ1v) is 4.51. The van der Waals surface area contributed by atoms with Crippen molar-refractivity contribution in [3.05, 3.63) is 30.1 Å². The van der Waals surface area contributed by atoms with Crippen molar-refractivity contribution in [3.8, 4) is 0 Å². The first-order valence-electron chi connectivity index (χ1n) is 3.97. The van der Waals surface area contributed by atoms with Crippen molar-refractivity contribution >= 4 is 11.6 Å². The molecule has 12 heavy (non-hydrogen) atoms. The van der Waals surface area contributed by atoms with Crippen LogP contribution < -0.4 is 9.57 Å². The molecule has 0 radical (unpaired) electrons. The van der Waals surface area contributed by atoms with Crippen LogP contribution in [0.4, 0.5) is 0 Å². The first kappa shape index (κ1) is 9.33. The van der Waals surface area contributed by atoms with E-state index in [2.05, 4.69) is 0 Å². The number of halogens is 1. The fourth-order valence-corrected chi connectivity index (χ4v) is 1.14. The highest BCUT2D eigenvalue weighted by Crippen LogP contribution is 2.00. The Morgan fingerprint density at radius 1 is 1.42 bits per heavy atom. The van der Waals surface area contributed by atoms with E-state index in [4.69, 9.17) is 16.4 Å². The third-order valence-corrected chi connectivity index (χ3v) is 1.95. The average molecular weight is 187 g/mol. The molecule has 0 amide bonds. The Morgan fingerprint density at radius 3 is 2.58 bits per heavy atom. The molecule has 0 unspecified atom stereocenters. The summed E-state index contributed by atoms with van der Waals surface area (Å²) in [5.74, 6) is 0.721. The van der Waals surface area contributed by atoms with Crippen molar-refractivity contribution in [1.82, 2.24) is 0 Å². The molecule has 0 saturated heterocycles. The van der Waals surface area contributed by atoms with Gasteiger partial charge < -0.3 is 0 Å². The molecule has 0 N–H and O–H groups in total. The first-order chi connectivity index (χ1) is 5.86. The van der Waals surface area contributed by atoms with Crippen LogP contribution in [0.15, 0.2) is 24.5 Å². The lowest BCUT2D eigenvalue weighted by Gasteiger charge is -1.96. The van der Waals surface area contributed by atoms with Crippen molar-refractivity contribution in [2.75, 3.05) is 13.0 Å². The SMILES string of the molecule is CO[n+]1ccc(CCCCl)cc1. The van der Waals surface area contributed by atoms with Crippen molar-refractivity contribution < 1.29 is 9.57 Å². The van der Waals surface area contributed by atoms with Crippen molar-refractivity contribution in [1.29, 1.82) is 0 Å². The lowest BCUT2D eigenvalue weighted by Crippen LogP contribution is -2.39. The van der Waals surface area contributed by atoms with E-state index in [1.165, 1.54) is 5.56 Å². The van der Waals surface area contributed by atoms with Crippen LogP contribution >= 0.6 is 11.6 Å². The molecule has 1 aromatic rings. The molecule has 66 valence electrons. The molecule has 1 aromatic heterocycles. The number of alkyl halides is 1. The van der Waals surface area contributed by atoms with Gasteiger partial charge in [0.05, 0.1) is 0 Å². The van der Waals surface area contributed by atoms with E-state index >= 15 is 0 Å². The van der Waals surface area contributed by atoms with Gasteiger partial charge in [0, 0.05) is 22.7 Å². The van der Waals surface area contributed by atoms with E-state index in [9.17, 15) is 0 Å². The van der Waals surface area contributed by atoms with Gasteiger partial charge in [-0.3, -0.25) is 4.84 Å². The lowest BCUT2D eigenvalue weighted by atomic mass is 10.2. The number of nitrogens with zero attached hydrogens (tertiary/aromatic N) is 1. The molecule has 0 aliphatic rings. The molecule has 0 atom stereocenters. The molecule has 0 aromatic carbocycles. The fraction of sp³-hybridized carbons (Fsp3) is 0.444. The minimum atomic E-state index is 0.721. The third-order valence-electron chi connectivity index (χ3n) is 1.68. The van der Waals surface area contributed by atoms with Crippen LogP contribution in [0.2, 0.25) is 0 Å². The van der Waals surface area contributed by atoms with Crippen LogP contribution in [0.3, 0.4) is 0 Å². The predicted octanol–water partition coefficient (Wildman–Crippen LogP) is 1.20. The Bertz CT molecular complexity index is 222. The molecule has 0 saturated carbocycles. The predicted molar refractivity (Wildman–Crippen MR) is 48.2 cm³/mol. The standard InChI is InChI=1S/C9H13ClNO/c1-12-11-7-4-9(5-8-11)3-2-6-10/h4-5,7-8H,2-3,6H2,1H3/q+1. The van der Waals surface area contributed by atoms with E-state index in [0.29, 0.717) is 0 Å². The van der Waals surface area contributed by atoms with Crippen molar-refractivity contribution in [3.63, 3.8) is 0 Å². The van der Waals surface area contributed by atoms with Crippen LogP contribution in [0.1, 0.15) is 12.0 Å².